The number of carboxylic acids is 1. The van der Waals surface area contributed by atoms with Crippen molar-refractivity contribution in [1.82, 2.24) is 0 Å². The van der Waals surface area contributed by atoms with Gasteiger partial charge in [-0.25, -0.2) is 0 Å². The summed E-state index contributed by atoms with van der Waals surface area (Å²) in [6, 6.07) is 7.02. The van der Waals surface area contributed by atoms with E-state index >= 15 is 0 Å². The second-order valence-corrected chi connectivity index (χ2v) is 5.52. The molecule has 1 saturated carbocycles. The summed E-state index contributed by atoms with van der Waals surface area (Å²) in [5, 5.41) is 11.6. The number of carbonyl (C=O) groups excluding carboxylic acids is 1. The Labute approximate surface area is 112 Å². The molecule has 102 valence electrons. The van der Waals surface area contributed by atoms with Gasteiger partial charge in [0.2, 0.25) is 5.91 Å². The van der Waals surface area contributed by atoms with Crippen LogP contribution in [0, 0.1) is 11.3 Å². The molecule has 1 aliphatic rings. The standard InChI is InChI=1S/C15H19NO3/c1-3-15(2)9-12(15)14(19)16-11-6-4-5-10(7-11)8-13(17)18/h4-7,12H,3,8-9H2,1-2H3,(H,16,19)(H,17,18). The van der Waals surface area contributed by atoms with E-state index < -0.39 is 5.97 Å². The number of amides is 1. The Kier molecular flexibility index (Phi) is 3.60. The van der Waals surface area contributed by atoms with E-state index in [2.05, 4.69) is 19.2 Å². The van der Waals surface area contributed by atoms with Gasteiger partial charge in [0.1, 0.15) is 0 Å². The first-order chi connectivity index (χ1) is 8.94. The Balaban J connectivity index is 2.00. The molecule has 0 bridgehead atoms. The number of rotatable bonds is 5. The summed E-state index contributed by atoms with van der Waals surface area (Å²) in [6.45, 7) is 4.22. The van der Waals surface area contributed by atoms with Crippen LogP contribution in [-0.4, -0.2) is 17.0 Å². The molecule has 1 amide bonds. The minimum absolute atomic E-state index is 0.0280. The fourth-order valence-corrected chi connectivity index (χ4v) is 2.37. The summed E-state index contributed by atoms with van der Waals surface area (Å²) in [7, 11) is 0. The van der Waals surface area contributed by atoms with Crippen LogP contribution in [0.1, 0.15) is 32.3 Å². The average Bonchev–Trinajstić information content (AvgIpc) is 3.02. The topological polar surface area (TPSA) is 66.4 Å². The van der Waals surface area contributed by atoms with Crippen molar-refractivity contribution in [3.05, 3.63) is 29.8 Å². The average molecular weight is 261 g/mol. The Morgan fingerprint density at radius 2 is 2.21 bits per heavy atom. The number of nitrogens with one attached hydrogen (secondary N) is 1. The van der Waals surface area contributed by atoms with Gasteiger partial charge in [-0.1, -0.05) is 26.0 Å². The first-order valence-electron chi connectivity index (χ1n) is 6.56. The van der Waals surface area contributed by atoms with Gasteiger partial charge in [0.15, 0.2) is 0 Å². The maximum atomic E-state index is 12.1. The zero-order valence-electron chi connectivity index (χ0n) is 11.3. The molecule has 1 aliphatic carbocycles. The highest BCUT2D eigenvalue weighted by atomic mass is 16.4. The number of hydrogen-bond donors (Lipinski definition) is 2. The normalized spacial score (nSPS) is 24.8. The first-order valence-corrected chi connectivity index (χ1v) is 6.56. The van der Waals surface area contributed by atoms with Crippen LogP contribution in [0.5, 0.6) is 0 Å². The third kappa shape index (κ3) is 3.13. The van der Waals surface area contributed by atoms with E-state index in [4.69, 9.17) is 5.11 Å². The summed E-state index contributed by atoms with van der Waals surface area (Å²) >= 11 is 0. The summed E-state index contributed by atoms with van der Waals surface area (Å²) in [4.78, 5) is 22.7. The van der Waals surface area contributed by atoms with Gasteiger partial charge in [-0.05, 0) is 36.0 Å². The number of aliphatic carboxylic acids is 1. The molecule has 0 spiro atoms. The second kappa shape index (κ2) is 5.03. The lowest BCUT2D eigenvalue weighted by Gasteiger charge is -2.09. The third-order valence-corrected chi connectivity index (χ3v) is 4.03. The van der Waals surface area contributed by atoms with Crippen molar-refractivity contribution in [3.63, 3.8) is 0 Å². The quantitative estimate of drug-likeness (QED) is 0.856. The van der Waals surface area contributed by atoms with E-state index in [0.29, 0.717) is 11.3 Å². The van der Waals surface area contributed by atoms with Gasteiger partial charge < -0.3 is 10.4 Å². The van der Waals surface area contributed by atoms with Crippen molar-refractivity contribution in [2.24, 2.45) is 11.3 Å². The minimum Gasteiger partial charge on any atom is -0.481 e. The molecular formula is C15H19NO3. The zero-order valence-corrected chi connectivity index (χ0v) is 11.3. The summed E-state index contributed by atoms with van der Waals surface area (Å²) in [5.41, 5.74) is 1.51. The molecule has 1 aromatic rings. The smallest absolute Gasteiger partial charge is 0.307 e. The molecule has 0 heterocycles. The van der Waals surface area contributed by atoms with Crippen LogP contribution in [0.2, 0.25) is 0 Å². The molecule has 1 fully saturated rings. The SMILES string of the molecule is CCC1(C)CC1C(=O)Nc1cccc(CC(=O)O)c1. The highest BCUT2D eigenvalue weighted by molar-refractivity contribution is 5.95. The molecule has 4 heteroatoms. The first kappa shape index (κ1) is 13.6. The molecule has 4 nitrogen and oxygen atoms in total. The molecule has 19 heavy (non-hydrogen) atoms. The van der Waals surface area contributed by atoms with Gasteiger partial charge in [-0.2, -0.15) is 0 Å². The third-order valence-electron chi connectivity index (χ3n) is 4.03. The maximum absolute atomic E-state index is 12.1. The van der Waals surface area contributed by atoms with E-state index in [1.165, 1.54) is 0 Å². The molecule has 0 aromatic heterocycles. The number of carboxylic acid groups (broad SMARTS) is 1. The number of benzene rings is 1. The van der Waals surface area contributed by atoms with Crippen LogP contribution in [-0.2, 0) is 16.0 Å². The van der Waals surface area contributed by atoms with Crippen molar-refractivity contribution in [2.45, 2.75) is 33.1 Å². The van der Waals surface area contributed by atoms with Crippen LogP contribution >= 0.6 is 0 Å². The predicted molar refractivity (Wildman–Crippen MR) is 72.9 cm³/mol. The fourth-order valence-electron chi connectivity index (χ4n) is 2.37. The lowest BCUT2D eigenvalue weighted by molar-refractivity contribution is -0.136. The Bertz CT molecular complexity index is 512. The predicted octanol–water partition coefficient (Wildman–Crippen LogP) is 2.69. The van der Waals surface area contributed by atoms with Gasteiger partial charge in [-0.3, -0.25) is 9.59 Å². The number of anilines is 1. The Morgan fingerprint density at radius 1 is 1.47 bits per heavy atom. The lowest BCUT2D eigenvalue weighted by Crippen LogP contribution is -2.17. The Morgan fingerprint density at radius 3 is 2.79 bits per heavy atom. The van der Waals surface area contributed by atoms with E-state index in [1.807, 2.05) is 0 Å². The zero-order chi connectivity index (χ0) is 14.0. The van der Waals surface area contributed by atoms with Gasteiger partial charge in [0, 0.05) is 11.6 Å². The fraction of sp³-hybridized carbons (Fsp3) is 0.467. The lowest BCUT2D eigenvalue weighted by atomic mass is 10.0. The summed E-state index contributed by atoms with van der Waals surface area (Å²) < 4.78 is 0. The second-order valence-electron chi connectivity index (χ2n) is 5.52. The van der Waals surface area contributed by atoms with Crippen LogP contribution in [0.25, 0.3) is 0 Å². The van der Waals surface area contributed by atoms with Crippen molar-refractivity contribution < 1.29 is 14.7 Å². The van der Waals surface area contributed by atoms with Crippen molar-refractivity contribution >= 4 is 17.6 Å². The maximum Gasteiger partial charge on any atom is 0.307 e. The van der Waals surface area contributed by atoms with Gasteiger partial charge >= 0.3 is 5.97 Å². The summed E-state index contributed by atoms with van der Waals surface area (Å²) in [6.07, 6.45) is 1.91. The molecule has 2 atom stereocenters. The highest BCUT2D eigenvalue weighted by Gasteiger charge is 2.52. The molecule has 2 rings (SSSR count). The number of carbonyl (C=O) groups is 2. The van der Waals surface area contributed by atoms with Crippen molar-refractivity contribution in [3.8, 4) is 0 Å². The number of hydrogen-bond acceptors (Lipinski definition) is 2. The molecule has 1 aromatic carbocycles. The molecule has 2 unspecified atom stereocenters. The van der Waals surface area contributed by atoms with Gasteiger partial charge in [0.25, 0.3) is 0 Å². The summed E-state index contributed by atoms with van der Waals surface area (Å²) in [5.74, 6) is -0.748. The molecule has 0 aliphatic heterocycles. The largest absolute Gasteiger partial charge is 0.481 e. The van der Waals surface area contributed by atoms with Crippen LogP contribution in [0.15, 0.2) is 24.3 Å². The van der Waals surface area contributed by atoms with Crippen LogP contribution in [0.3, 0.4) is 0 Å². The van der Waals surface area contributed by atoms with E-state index in [0.717, 1.165) is 12.8 Å². The molecule has 0 radical (unpaired) electrons. The van der Waals surface area contributed by atoms with Gasteiger partial charge in [0.05, 0.1) is 6.42 Å². The molecule has 2 N–H and O–H groups in total. The van der Waals surface area contributed by atoms with Crippen molar-refractivity contribution in [2.75, 3.05) is 5.32 Å². The molecular weight excluding hydrogens is 242 g/mol. The van der Waals surface area contributed by atoms with Crippen LogP contribution < -0.4 is 5.32 Å². The van der Waals surface area contributed by atoms with E-state index in [9.17, 15) is 9.59 Å². The Hall–Kier alpha value is -1.84. The van der Waals surface area contributed by atoms with Gasteiger partial charge in [-0.15, -0.1) is 0 Å². The van der Waals surface area contributed by atoms with Crippen LogP contribution in [0.4, 0.5) is 5.69 Å². The minimum atomic E-state index is -0.871. The highest BCUT2D eigenvalue weighted by Crippen LogP contribution is 2.55. The van der Waals surface area contributed by atoms with E-state index in [-0.39, 0.29) is 23.7 Å². The van der Waals surface area contributed by atoms with E-state index in [1.54, 1.807) is 24.3 Å². The molecule has 0 saturated heterocycles. The van der Waals surface area contributed by atoms with Crippen molar-refractivity contribution in [1.29, 1.82) is 0 Å². The monoisotopic (exact) mass is 261 g/mol.